The highest BCUT2D eigenvalue weighted by Gasteiger charge is 2.22. The Morgan fingerprint density at radius 2 is 1.92 bits per heavy atom. The van der Waals surface area contributed by atoms with E-state index in [0.717, 1.165) is 11.1 Å². The quantitative estimate of drug-likeness (QED) is 0.769. The predicted octanol–water partition coefficient (Wildman–Crippen LogP) is 2.95. The van der Waals surface area contributed by atoms with Crippen molar-refractivity contribution < 1.29 is 14.3 Å². The number of benzene rings is 2. The first-order valence-electron chi connectivity index (χ1n) is 7.50. The molecule has 0 radical (unpaired) electrons. The second-order valence-electron chi connectivity index (χ2n) is 5.30. The summed E-state index contributed by atoms with van der Waals surface area (Å²) in [6.07, 6.45) is 0. The molecule has 0 aliphatic rings. The molecule has 136 valence electrons. The molecule has 7 heteroatoms. The van der Waals surface area contributed by atoms with Gasteiger partial charge in [-0.05, 0) is 29.3 Å². The first-order valence-corrected chi connectivity index (χ1v) is 7.88. The Balaban J connectivity index is 0.00000312. The van der Waals surface area contributed by atoms with E-state index in [-0.39, 0.29) is 24.9 Å². The van der Waals surface area contributed by atoms with Crippen LogP contribution in [0.1, 0.15) is 17.2 Å². The van der Waals surface area contributed by atoms with E-state index in [9.17, 15) is 4.79 Å². The summed E-state index contributed by atoms with van der Waals surface area (Å²) in [5.74, 6) is 0.379. The Bertz CT molecular complexity index is 698. The zero-order chi connectivity index (χ0) is 17.5. The van der Waals surface area contributed by atoms with Gasteiger partial charge in [-0.2, -0.15) is 0 Å². The lowest BCUT2D eigenvalue weighted by atomic mass is 9.98. The molecule has 5 nitrogen and oxygen atoms in total. The number of nitrogens with one attached hydrogen (secondary N) is 1. The van der Waals surface area contributed by atoms with Gasteiger partial charge < -0.3 is 20.5 Å². The third-order valence-electron chi connectivity index (χ3n) is 3.61. The van der Waals surface area contributed by atoms with Gasteiger partial charge in [0.2, 0.25) is 5.91 Å². The highest BCUT2D eigenvalue weighted by Crippen LogP contribution is 2.30. The summed E-state index contributed by atoms with van der Waals surface area (Å²) < 4.78 is 10.2. The van der Waals surface area contributed by atoms with E-state index < -0.39 is 12.1 Å². The van der Waals surface area contributed by atoms with Gasteiger partial charge in [0, 0.05) is 12.1 Å². The average molecular weight is 385 g/mol. The molecule has 0 saturated carbocycles. The number of hydrogen-bond donors (Lipinski definition) is 2. The molecule has 0 bridgehead atoms. The summed E-state index contributed by atoms with van der Waals surface area (Å²) in [5.41, 5.74) is 7.46. The lowest BCUT2D eigenvalue weighted by molar-refractivity contribution is -0.123. The van der Waals surface area contributed by atoms with Crippen molar-refractivity contribution in [1.29, 1.82) is 0 Å². The largest absolute Gasteiger partial charge is 0.497 e. The minimum atomic E-state index is -0.759. The zero-order valence-electron chi connectivity index (χ0n) is 14.1. The fraction of sp³-hybridized carbons (Fsp3) is 0.278. The van der Waals surface area contributed by atoms with Crippen molar-refractivity contribution >= 4 is 29.9 Å². The van der Waals surface area contributed by atoms with Crippen molar-refractivity contribution in [3.8, 4) is 5.75 Å². The second kappa shape index (κ2) is 10.3. The number of nitrogens with two attached hydrogens (primary N) is 1. The third kappa shape index (κ3) is 5.61. The van der Waals surface area contributed by atoms with Crippen molar-refractivity contribution in [2.24, 2.45) is 5.73 Å². The van der Waals surface area contributed by atoms with Crippen LogP contribution in [0.25, 0.3) is 0 Å². The summed E-state index contributed by atoms with van der Waals surface area (Å²) in [7, 11) is 3.09. The lowest BCUT2D eigenvalue weighted by Crippen LogP contribution is -2.45. The van der Waals surface area contributed by atoms with Crippen molar-refractivity contribution in [1.82, 2.24) is 5.32 Å². The van der Waals surface area contributed by atoms with E-state index in [0.29, 0.717) is 10.8 Å². The van der Waals surface area contributed by atoms with E-state index in [1.165, 1.54) is 7.11 Å². The molecule has 0 aliphatic carbocycles. The standard InChI is InChI=1S/C18H21ClN2O3.ClH/c1-23-11-16(20)18(22)21-17(14-8-3-4-9-15(14)19)12-6-5-7-13(10-12)24-2;/h3-10,16-17H,11,20H2,1-2H3,(H,21,22);1H. The molecular formula is C18H22Cl2N2O3. The number of carbonyl (C=O) groups excluding carboxylic acids is 1. The summed E-state index contributed by atoms with van der Waals surface area (Å²) in [4.78, 5) is 12.4. The molecule has 0 fully saturated rings. The van der Waals surface area contributed by atoms with Crippen LogP contribution in [0.15, 0.2) is 48.5 Å². The minimum absolute atomic E-state index is 0. The highest BCUT2D eigenvalue weighted by molar-refractivity contribution is 6.31. The normalized spacial score (nSPS) is 12.6. The van der Waals surface area contributed by atoms with E-state index in [4.69, 9.17) is 26.8 Å². The van der Waals surface area contributed by atoms with Gasteiger partial charge in [0.25, 0.3) is 0 Å². The monoisotopic (exact) mass is 384 g/mol. The summed E-state index contributed by atoms with van der Waals surface area (Å²) in [6, 6.07) is 13.6. The number of hydrogen-bond acceptors (Lipinski definition) is 4. The number of amides is 1. The van der Waals surface area contributed by atoms with Crippen LogP contribution in [0.2, 0.25) is 5.02 Å². The summed E-state index contributed by atoms with van der Waals surface area (Å²) in [5, 5.41) is 3.50. The fourth-order valence-corrected chi connectivity index (χ4v) is 2.62. The number of carbonyl (C=O) groups is 1. The first-order chi connectivity index (χ1) is 11.6. The molecule has 0 aliphatic heterocycles. The van der Waals surface area contributed by atoms with Crippen LogP contribution >= 0.6 is 24.0 Å². The van der Waals surface area contributed by atoms with Crippen LogP contribution in [0.5, 0.6) is 5.75 Å². The van der Waals surface area contributed by atoms with Crippen LogP contribution < -0.4 is 15.8 Å². The van der Waals surface area contributed by atoms with Crippen LogP contribution in [0.4, 0.5) is 0 Å². The molecule has 2 unspecified atom stereocenters. The van der Waals surface area contributed by atoms with Gasteiger partial charge in [-0.15, -0.1) is 12.4 Å². The molecule has 2 aromatic rings. The van der Waals surface area contributed by atoms with Crippen LogP contribution in [0.3, 0.4) is 0 Å². The number of ether oxygens (including phenoxy) is 2. The lowest BCUT2D eigenvalue weighted by Gasteiger charge is -2.23. The molecule has 0 saturated heterocycles. The topological polar surface area (TPSA) is 73.6 Å². The van der Waals surface area contributed by atoms with Gasteiger partial charge in [0.1, 0.15) is 11.8 Å². The van der Waals surface area contributed by atoms with Crippen molar-refractivity contribution in [2.45, 2.75) is 12.1 Å². The smallest absolute Gasteiger partial charge is 0.240 e. The fourth-order valence-electron chi connectivity index (χ4n) is 2.38. The SMILES string of the molecule is COCC(N)C(=O)NC(c1cccc(OC)c1)c1ccccc1Cl.Cl. The maximum atomic E-state index is 12.4. The van der Waals surface area contributed by atoms with E-state index in [2.05, 4.69) is 5.32 Å². The predicted molar refractivity (Wildman–Crippen MR) is 102 cm³/mol. The van der Waals surface area contributed by atoms with Gasteiger partial charge in [0.05, 0.1) is 19.8 Å². The number of methoxy groups -OCH3 is 2. The Hall–Kier alpha value is -1.79. The number of rotatable bonds is 7. The number of halogens is 2. The Morgan fingerprint density at radius 3 is 2.56 bits per heavy atom. The van der Waals surface area contributed by atoms with Gasteiger partial charge >= 0.3 is 0 Å². The van der Waals surface area contributed by atoms with E-state index in [1.54, 1.807) is 13.2 Å². The summed E-state index contributed by atoms with van der Waals surface area (Å²) >= 11 is 6.33. The molecule has 3 N–H and O–H groups in total. The van der Waals surface area contributed by atoms with Gasteiger partial charge in [-0.25, -0.2) is 0 Å². The third-order valence-corrected chi connectivity index (χ3v) is 3.96. The minimum Gasteiger partial charge on any atom is -0.497 e. The molecule has 1 amide bonds. The maximum absolute atomic E-state index is 12.4. The second-order valence-corrected chi connectivity index (χ2v) is 5.71. The van der Waals surface area contributed by atoms with Crippen LogP contribution in [-0.4, -0.2) is 32.8 Å². The Labute approximate surface area is 158 Å². The van der Waals surface area contributed by atoms with Crippen molar-refractivity contribution in [2.75, 3.05) is 20.8 Å². The Kier molecular flexibility index (Phi) is 8.72. The van der Waals surface area contributed by atoms with Crippen molar-refractivity contribution in [3.05, 3.63) is 64.7 Å². The van der Waals surface area contributed by atoms with Crippen LogP contribution in [0, 0.1) is 0 Å². The molecule has 0 spiro atoms. The average Bonchev–Trinajstić information content (AvgIpc) is 2.60. The molecule has 0 heterocycles. The first kappa shape index (κ1) is 21.3. The Morgan fingerprint density at radius 1 is 1.20 bits per heavy atom. The molecule has 2 atom stereocenters. The molecule has 25 heavy (non-hydrogen) atoms. The van der Waals surface area contributed by atoms with Crippen LogP contribution in [-0.2, 0) is 9.53 Å². The molecule has 2 aromatic carbocycles. The molecular weight excluding hydrogens is 363 g/mol. The van der Waals surface area contributed by atoms with Crippen molar-refractivity contribution in [3.63, 3.8) is 0 Å². The summed E-state index contributed by atoms with van der Waals surface area (Å²) in [6.45, 7) is 0.138. The molecule has 0 aromatic heterocycles. The van der Waals surface area contributed by atoms with Gasteiger partial charge in [-0.1, -0.05) is 41.9 Å². The van der Waals surface area contributed by atoms with E-state index >= 15 is 0 Å². The highest BCUT2D eigenvalue weighted by atomic mass is 35.5. The van der Waals surface area contributed by atoms with Gasteiger partial charge in [0.15, 0.2) is 0 Å². The van der Waals surface area contributed by atoms with Gasteiger partial charge in [-0.3, -0.25) is 4.79 Å². The molecule has 2 rings (SSSR count). The maximum Gasteiger partial charge on any atom is 0.240 e. The van der Waals surface area contributed by atoms with E-state index in [1.807, 2.05) is 42.5 Å². The zero-order valence-corrected chi connectivity index (χ0v) is 15.6.